The molecule has 1 saturated heterocycles. The number of fused-ring (bicyclic) bond motifs is 5. The number of aryl methyl sites for hydroxylation is 2. The van der Waals surface area contributed by atoms with Crippen LogP contribution < -0.4 is 21.7 Å². The maximum atomic E-state index is 13.2. The van der Waals surface area contributed by atoms with Crippen molar-refractivity contribution in [1.29, 1.82) is 0 Å². The zero-order valence-corrected chi connectivity index (χ0v) is 17.5. The predicted octanol–water partition coefficient (Wildman–Crippen LogP) is 0.980. The van der Waals surface area contributed by atoms with E-state index in [0.29, 0.717) is 23.5 Å². The number of hydrogen-bond acceptors (Lipinski definition) is 5. The standard InChI is InChI=1S/C22H25N5O3/c1-4-14-9-23-20-18(21(29)25(3)22(30)24(20)2)19(14)26-10-13-8-15(12-26)16-6-5-7-17(28)27(16)11-13/h5-7,9,13,15H,4,8,10-12H2,1-3H3. The second-order valence-corrected chi connectivity index (χ2v) is 8.49. The van der Waals surface area contributed by atoms with Crippen LogP contribution in [0.3, 0.4) is 0 Å². The van der Waals surface area contributed by atoms with Crippen molar-refractivity contribution in [3.8, 4) is 0 Å². The SMILES string of the molecule is CCc1cnc2c(c1N1CC3CC(C1)c1cccc(=O)n1C3)c(=O)n(C)c(=O)n2C. The minimum Gasteiger partial charge on any atom is -0.369 e. The number of aromatic nitrogens is 4. The second kappa shape index (κ2) is 6.68. The number of pyridine rings is 2. The monoisotopic (exact) mass is 407 g/mol. The summed E-state index contributed by atoms with van der Waals surface area (Å²) in [6.07, 6.45) is 3.58. The Morgan fingerprint density at radius 1 is 1.07 bits per heavy atom. The molecule has 0 amide bonds. The highest BCUT2D eigenvalue weighted by Gasteiger charge is 2.36. The van der Waals surface area contributed by atoms with Crippen LogP contribution in [0.15, 0.2) is 38.8 Å². The molecule has 5 heterocycles. The Hall–Kier alpha value is -3.16. The van der Waals surface area contributed by atoms with Gasteiger partial charge in [0.2, 0.25) is 0 Å². The van der Waals surface area contributed by atoms with E-state index in [-0.39, 0.29) is 22.7 Å². The first kappa shape index (κ1) is 18.8. The number of rotatable bonds is 2. The van der Waals surface area contributed by atoms with Crippen LogP contribution in [0.4, 0.5) is 5.69 Å². The highest BCUT2D eigenvalue weighted by atomic mass is 16.2. The normalized spacial score (nSPS) is 20.4. The Bertz CT molecular complexity index is 1350. The highest BCUT2D eigenvalue weighted by molar-refractivity contribution is 5.91. The van der Waals surface area contributed by atoms with E-state index in [1.54, 1.807) is 19.3 Å². The fourth-order valence-electron chi connectivity index (χ4n) is 5.25. The van der Waals surface area contributed by atoms with Gasteiger partial charge in [0, 0.05) is 57.6 Å². The summed E-state index contributed by atoms with van der Waals surface area (Å²) < 4.78 is 4.51. The molecule has 3 aromatic rings. The van der Waals surface area contributed by atoms with Gasteiger partial charge in [0.1, 0.15) is 5.39 Å². The third-order valence-electron chi connectivity index (χ3n) is 6.69. The smallest absolute Gasteiger partial charge is 0.332 e. The van der Waals surface area contributed by atoms with Gasteiger partial charge < -0.3 is 9.47 Å². The summed E-state index contributed by atoms with van der Waals surface area (Å²) >= 11 is 0. The molecule has 2 bridgehead atoms. The Balaban J connectivity index is 1.72. The van der Waals surface area contributed by atoms with Gasteiger partial charge in [-0.05, 0) is 30.4 Å². The van der Waals surface area contributed by atoms with Gasteiger partial charge in [-0.3, -0.25) is 18.7 Å². The third-order valence-corrected chi connectivity index (χ3v) is 6.69. The molecule has 0 N–H and O–H groups in total. The minimum absolute atomic E-state index is 0.0585. The molecule has 0 aromatic carbocycles. The van der Waals surface area contributed by atoms with Crippen molar-refractivity contribution in [2.24, 2.45) is 20.0 Å². The quantitative estimate of drug-likeness (QED) is 0.633. The van der Waals surface area contributed by atoms with E-state index in [9.17, 15) is 14.4 Å². The molecule has 0 spiro atoms. The molecule has 8 heteroatoms. The Labute approximate surface area is 173 Å². The van der Waals surface area contributed by atoms with Crippen LogP contribution in [0, 0.1) is 5.92 Å². The highest BCUT2D eigenvalue weighted by Crippen LogP contribution is 2.39. The van der Waals surface area contributed by atoms with Crippen molar-refractivity contribution in [1.82, 2.24) is 18.7 Å². The van der Waals surface area contributed by atoms with Crippen LogP contribution >= 0.6 is 0 Å². The molecule has 2 aliphatic rings. The van der Waals surface area contributed by atoms with Crippen LogP contribution in [-0.2, 0) is 27.1 Å². The lowest BCUT2D eigenvalue weighted by atomic mass is 9.82. The number of hydrogen-bond donors (Lipinski definition) is 0. The van der Waals surface area contributed by atoms with Crippen molar-refractivity contribution >= 4 is 16.7 Å². The lowest BCUT2D eigenvalue weighted by Crippen LogP contribution is -2.48. The summed E-state index contributed by atoms with van der Waals surface area (Å²) in [5.41, 5.74) is 2.76. The van der Waals surface area contributed by atoms with E-state index in [1.807, 2.05) is 16.7 Å². The molecule has 0 saturated carbocycles. The van der Waals surface area contributed by atoms with Gasteiger partial charge in [-0.25, -0.2) is 9.78 Å². The second-order valence-electron chi connectivity index (χ2n) is 8.49. The third kappa shape index (κ3) is 2.59. The fourth-order valence-corrected chi connectivity index (χ4v) is 5.25. The van der Waals surface area contributed by atoms with Crippen LogP contribution in [0.2, 0.25) is 0 Å². The summed E-state index contributed by atoms with van der Waals surface area (Å²) in [5.74, 6) is 0.566. The first-order valence-corrected chi connectivity index (χ1v) is 10.4. The largest absolute Gasteiger partial charge is 0.369 e. The van der Waals surface area contributed by atoms with Gasteiger partial charge in [0.25, 0.3) is 11.1 Å². The van der Waals surface area contributed by atoms with Crippen LogP contribution in [0.25, 0.3) is 11.0 Å². The van der Waals surface area contributed by atoms with Crippen LogP contribution in [0.1, 0.15) is 30.5 Å². The topological polar surface area (TPSA) is 82.1 Å². The van der Waals surface area contributed by atoms with E-state index >= 15 is 0 Å². The van der Waals surface area contributed by atoms with Gasteiger partial charge >= 0.3 is 5.69 Å². The average molecular weight is 407 g/mol. The minimum atomic E-state index is -0.376. The summed E-state index contributed by atoms with van der Waals surface area (Å²) in [7, 11) is 3.17. The molecule has 156 valence electrons. The maximum absolute atomic E-state index is 13.2. The number of piperidine rings is 1. The molecule has 2 unspecified atom stereocenters. The molecule has 2 atom stereocenters. The molecule has 0 aliphatic carbocycles. The number of nitrogens with zero attached hydrogens (tertiary/aromatic N) is 5. The summed E-state index contributed by atoms with van der Waals surface area (Å²) in [6, 6.07) is 5.50. The first-order valence-electron chi connectivity index (χ1n) is 10.4. The molecule has 30 heavy (non-hydrogen) atoms. The molecule has 1 fully saturated rings. The van der Waals surface area contributed by atoms with Crippen molar-refractivity contribution in [3.05, 3.63) is 66.8 Å². The molecule has 5 rings (SSSR count). The van der Waals surface area contributed by atoms with Gasteiger partial charge in [-0.2, -0.15) is 0 Å². The molecule has 2 aliphatic heterocycles. The lowest BCUT2D eigenvalue weighted by Gasteiger charge is -2.44. The predicted molar refractivity (Wildman–Crippen MR) is 115 cm³/mol. The van der Waals surface area contributed by atoms with Crippen molar-refractivity contribution < 1.29 is 0 Å². The zero-order valence-electron chi connectivity index (χ0n) is 17.5. The van der Waals surface area contributed by atoms with Gasteiger partial charge in [-0.15, -0.1) is 0 Å². The van der Waals surface area contributed by atoms with Gasteiger partial charge in [-0.1, -0.05) is 13.0 Å². The number of anilines is 1. The van der Waals surface area contributed by atoms with Crippen molar-refractivity contribution in [2.45, 2.75) is 32.2 Å². The van der Waals surface area contributed by atoms with Crippen LogP contribution in [0.5, 0.6) is 0 Å². The van der Waals surface area contributed by atoms with E-state index < -0.39 is 0 Å². The Morgan fingerprint density at radius 3 is 2.63 bits per heavy atom. The van der Waals surface area contributed by atoms with E-state index in [4.69, 9.17) is 0 Å². The zero-order chi connectivity index (χ0) is 21.2. The van der Waals surface area contributed by atoms with Crippen LogP contribution in [-0.4, -0.2) is 31.8 Å². The summed E-state index contributed by atoms with van der Waals surface area (Å²) in [5, 5.41) is 0.504. The van der Waals surface area contributed by atoms with Crippen molar-refractivity contribution in [3.63, 3.8) is 0 Å². The Morgan fingerprint density at radius 2 is 1.87 bits per heavy atom. The van der Waals surface area contributed by atoms with Gasteiger partial charge in [0.05, 0.1) is 5.69 Å². The van der Waals surface area contributed by atoms with Crippen molar-refractivity contribution in [2.75, 3.05) is 18.0 Å². The Kier molecular flexibility index (Phi) is 4.20. The van der Waals surface area contributed by atoms with E-state index in [1.165, 1.54) is 11.6 Å². The average Bonchev–Trinajstić information content (AvgIpc) is 2.75. The molecular formula is C22H25N5O3. The molecule has 0 radical (unpaired) electrons. The van der Waals surface area contributed by atoms with E-state index in [0.717, 1.165) is 47.4 Å². The first-order chi connectivity index (χ1) is 14.4. The fraction of sp³-hybridized carbons (Fsp3) is 0.455. The summed E-state index contributed by atoms with van der Waals surface area (Å²) in [4.78, 5) is 44.7. The summed E-state index contributed by atoms with van der Waals surface area (Å²) in [6.45, 7) is 4.26. The molecule has 8 nitrogen and oxygen atoms in total. The van der Waals surface area contributed by atoms with E-state index in [2.05, 4.69) is 16.8 Å². The molecular weight excluding hydrogens is 382 g/mol. The van der Waals surface area contributed by atoms with Gasteiger partial charge in [0.15, 0.2) is 5.65 Å². The maximum Gasteiger partial charge on any atom is 0.332 e. The lowest BCUT2D eigenvalue weighted by molar-refractivity contribution is 0.281. The molecule has 3 aromatic heterocycles.